The molecule has 1 aliphatic rings. The number of carbonyl (C=O) groups is 1. The molecule has 3 heteroatoms. The van der Waals surface area contributed by atoms with E-state index in [1.54, 1.807) is 6.07 Å². The van der Waals surface area contributed by atoms with Crippen molar-refractivity contribution in [3.63, 3.8) is 0 Å². The predicted molar refractivity (Wildman–Crippen MR) is 64.2 cm³/mol. The van der Waals surface area contributed by atoms with Crippen LogP contribution in [0.2, 0.25) is 0 Å². The monoisotopic (exact) mass is 230 g/mol. The second-order valence-electron chi connectivity index (χ2n) is 3.68. The van der Waals surface area contributed by atoms with E-state index in [0.29, 0.717) is 5.56 Å². The van der Waals surface area contributed by atoms with Crippen molar-refractivity contribution in [1.82, 2.24) is 0 Å². The van der Waals surface area contributed by atoms with Gasteiger partial charge in [-0.05, 0) is 29.7 Å². The van der Waals surface area contributed by atoms with E-state index < -0.39 is 11.8 Å². The highest BCUT2D eigenvalue weighted by Crippen LogP contribution is 2.21. The van der Waals surface area contributed by atoms with Crippen molar-refractivity contribution in [3.05, 3.63) is 65.5 Å². The number of hydrogen-bond acceptors (Lipinski definition) is 1. The third kappa shape index (κ3) is 2.50. The molecule has 0 aliphatic heterocycles. The van der Waals surface area contributed by atoms with Crippen LogP contribution in [0.4, 0.5) is 4.39 Å². The third-order valence-corrected chi connectivity index (χ3v) is 2.53. The zero-order chi connectivity index (χ0) is 12.3. The summed E-state index contributed by atoms with van der Waals surface area (Å²) in [6.07, 6.45) is 10.4. The lowest BCUT2D eigenvalue weighted by Crippen LogP contribution is -2.00. The van der Waals surface area contributed by atoms with Crippen LogP contribution >= 0.6 is 0 Å². The summed E-state index contributed by atoms with van der Waals surface area (Å²) in [5.74, 6) is -1.96. The number of benzene rings is 1. The Labute approximate surface area is 98.4 Å². The van der Waals surface area contributed by atoms with Gasteiger partial charge in [0.25, 0.3) is 0 Å². The number of halogens is 1. The lowest BCUT2D eigenvalue weighted by Gasteiger charge is -2.04. The van der Waals surface area contributed by atoms with Crippen molar-refractivity contribution in [2.24, 2.45) is 0 Å². The molecule has 0 radical (unpaired) electrons. The number of rotatable bonds is 2. The zero-order valence-electron chi connectivity index (χ0n) is 9.06. The Bertz CT molecular complexity index is 539. The third-order valence-electron chi connectivity index (χ3n) is 2.53. The topological polar surface area (TPSA) is 37.3 Å². The molecule has 17 heavy (non-hydrogen) atoms. The van der Waals surface area contributed by atoms with E-state index in [2.05, 4.69) is 0 Å². The summed E-state index contributed by atoms with van der Waals surface area (Å²) in [5.41, 5.74) is 1.28. The van der Waals surface area contributed by atoms with E-state index in [4.69, 9.17) is 5.11 Å². The number of carboxylic acid groups (broad SMARTS) is 1. The van der Waals surface area contributed by atoms with Crippen LogP contribution in [0.3, 0.4) is 0 Å². The molecule has 0 atom stereocenters. The molecule has 0 heterocycles. The normalized spacial score (nSPS) is 14.3. The molecule has 0 spiro atoms. The largest absolute Gasteiger partial charge is 0.478 e. The predicted octanol–water partition coefficient (Wildman–Crippen LogP) is 3.42. The Morgan fingerprint density at radius 1 is 1.29 bits per heavy atom. The van der Waals surface area contributed by atoms with Crippen molar-refractivity contribution in [1.29, 1.82) is 0 Å². The van der Waals surface area contributed by atoms with Gasteiger partial charge in [0.1, 0.15) is 5.82 Å². The molecule has 0 aromatic heterocycles. The van der Waals surface area contributed by atoms with E-state index in [9.17, 15) is 9.18 Å². The highest BCUT2D eigenvalue weighted by Gasteiger charge is 2.11. The van der Waals surface area contributed by atoms with E-state index >= 15 is 0 Å². The molecule has 0 saturated carbocycles. The fourth-order valence-corrected chi connectivity index (χ4v) is 1.66. The molecular formula is C14H11FO2. The Kier molecular flexibility index (Phi) is 3.19. The van der Waals surface area contributed by atoms with Crippen molar-refractivity contribution < 1.29 is 14.3 Å². The highest BCUT2D eigenvalue weighted by molar-refractivity contribution is 5.88. The van der Waals surface area contributed by atoms with Crippen LogP contribution in [0.25, 0.3) is 5.57 Å². The molecule has 2 rings (SSSR count). The van der Waals surface area contributed by atoms with Crippen molar-refractivity contribution in [2.45, 2.75) is 6.42 Å². The SMILES string of the molecule is O=C(O)c1ccc(C2=CCC=CC=C2)cc1F. The van der Waals surface area contributed by atoms with E-state index in [1.807, 2.05) is 30.4 Å². The van der Waals surface area contributed by atoms with Gasteiger partial charge in [0, 0.05) is 0 Å². The fraction of sp³-hybridized carbons (Fsp3) is 0.0714. The van der Waals surface area contributed by atoms with Gasteiger partial charge < -0.3 is 5.11 Å². The Morgan fingerprint density at radius 2 is 2.12 bits per heavy atom. The van der Waals surface area contributed by atoms with Gasteiger partial charge in [-0.15, -0.1) is 0 Å². The molecule has 1 N–H and O–H groups in total. The van der Waals surface area contributed by atoms with Crippen molar-refractivity contribution >= 4 is 11.5 Å². The first-order chi connectivity index (χ1) is 8.18. The Morgan fingerprint density at radius 3 is 2.82 bits per heavy atom. The summed E-state index contributed by atoms with van der Waals surface area (Å²) in [5, 5.41) is 8.73. The number of carboxylic acids is 1. The maximum absolute atomic E-state index is 13.5. The fourth-order valence-electron chi connectivity index (χ4n) is 1.66. The van der Waals surface area contributed by atoms with Crippen LogP contribution in [0.1, 0.15) is 22.3 Å². The summed E-state index contributed by atoms with van der Waals surface area (Å²) in [4.78, 5) is 10.7. The van der Waals surface area contributed by atoms with E-state index in [-0.39, 0.29) is 5.56 Å². The lowest BCUT2D eigenvalue weighted by molar-refractivity contribution is 0.0692. The van der Waals surface area contributed by atoms with Gasteiger partial charge in [-0.3, -0.25) is 0 Å². The van der Waals surface area contributed by atoms with Crippen LogP contribution in [-0.4, -0.2) is 11.1 Å². The van der Waals surface area contributed by atoms with E-state index in [1.165, 1.54) is 12.1 Å². The second-order valence-corrected chi connectivity index (χ2v) is 3.68. The minimum absolute atomic E-state index is 0.301. The van der Waals surface area contributed by atoms with Crippen LogP contribution in [0.15, 0.2) is 48.6 Å². The molecule has 86 valence electrons. The van der Waals surface area contributed by atoms with Crippen LogP contribution < -0.4 is 0 Å². The lowest BCUT2D eigenvalue weighted by atomic mass is 10.0. The smallest absolute Gasteiger partial charge is 0.338 e. The first-order valence-corrected chi connectivity index (χ1v) is 5.25. The first kappa shape index (κ1) is 11.3. The minimum atomic E-state index is -1.25. The summed E-state index contributed by atoms with van der Waals surface area (Å²) < 4.78 is 13.5. The average molecular weight is 230 g/mol. The Hall–Kier alpha value is -2.16. The summed E-state index contributed by atoms with van der Waals surface area (Å²) in [7, 11) is 0. The van der Waals surface area contributed by atoms with Gasteiger partial charge >= 0.3 is 5.97 Å². The van der Waals surface area contributed by atoms with Gasteiger partial charge in [0.05, 0.1) is 5.56 Å². The molecule has 0 saturated heterocycles. The molecule has 0 unspecified atom stereocenters. The van der Waals surface area contributed by atoms with Gasteiger partial charge in [-0.25, -0.2) is 9.18 Å². The second kappa shape index (κ2) is 4.78. The van der Waals surface area contributed by atoms with Gasteiger partial charge in [-0.1, -0.05) is 36.4 Å². The molecule has 0 amide bonds. The molecule has 0 fully saturated rings. The molecule has 1 aliphatic carbocycles. The highest BCUT2D eigenvalue weighted by atomic mass is 19.1. The van der Waals surface area contributed by atoms with Crippen LogP contribution in [-0.2, 0) is 0 Å². The summed E-state index contributed by atoms with van der Waals surface area (Å²) >= 11 is 0. The molecule has 1 aromatic carbocycles. The first-order valence-electron chi connectivity index (χ1n) is 5.25. The van der Waals surface area contributed by atoms with Crippen LogP contribution in [0.5, 0.6) is 0 Å². The molecular weight excluding hydrogens is 219 g/mol. The number of allylic oxidation sites excluding steroid dienone is 6. The number of aromatic carboxylic acids is 1. The summed E-state index contributed by atoms with van der Waals surface area (Å²) in [6.45, 7) is 0. The molecule has 0 bridgehead atoms. The Balaban J connectivity index is 2.38. The zero-order valence-corrected chi connectivity index (χ0v) is 9.06. The minimum Gasteiger partial charge on any atom is -0.478 e. The maximum Gasteiger partial charge on any atom is 0.338 e. The molecule has 2 nitrogen and oxygen atoms in total. The number of hydrogen-bond donors (Lipinski definition) is 1. The van der Waals surface area contributed by atoms with E-state index in [0.717, 1.165) is 12.0 Å². The summed E-state index contributed by atoms with van der Waals surface area (Å²) in [6, 6.07) is 4.17. The van der Waals surface area contributed by atoms with Gasteiger partial charge in [0.2, 0.25) is 0 Å². The van der Waals surface area contributed by atoms with Crippen molar-refractivity contribution in [2.75, 3.05) is 0 Å². The standard InChI is InChI=1S/C14H11FO2/c15-13-9-11(7-8-12(13)14(16)17)10-5-3-1-2-4-6-10/h1-3,5-9H,4H2,(H,16,17). The average Bonchev–Trinajstić information content (AvgIpc) is 2.56. The molecule has 1 aromatic rings. The van der Waals surface area contributed by atoms with Crippen molar-refractivity contribution in [3.8, 4) is 0 Å². The van der Waals surface area contributed by atoms with Gasteiger partial charge in [-0.2, -0.15) is 0 Å². The quantitative estimate of drug-likeness (QED) is 0.845. The van der Waals surface area contributed by atoms with Crippen LogP contribution in [0, 0.1) is 5.82 Å². The van der Waals surface area contributed by atoms with Gasteiger partial charge in [0.15, 0.2) is 0 Å². The maximum atomic E-state index is 13.5.